The molecule has 8 nitrogen and oxygen atoms in total. The number of H-pyrrole nitrogens is 1. The molecular formula is C18H32N6O2. The van der Waals surface area contributed by atoms with E-state index in [0.29, 0.717) is 25.1 Å². The fourth-order valence-corrected chi connectivity index (χ4v) is 3.24. The van der Waals surface area contributed by atoms with Gasteiger partial charge in [-0.3, -0.25) is 24.4 Å². The van der Waals surface area contributed by atoms with Crippen LogP contribution < -0.4 is 10.5 Å². The first-order chi connectivity index (χ1) is 12.3. The summed E-state index contributed by atoms with van der Waals surface area (Å²) in [6.07, 6.45) is 0.949. The van der Waals surface area contributed by atoms with E-state index in [1.807, 2.05) is 26.0 Å². The minimum Gasteiger partial charge on any atom is -0.348 e. The van der Waals surface area contributed by atoms with Gasteiger partial charge >= 0.3 is 0 Å². The highest BCUT2D eigenvalue weighted by molar-refractivity contribution is 5.78. The Kier molecular flexibility index (Phi) is 7.16. The number of aromatic nitrogens is 2. The average molecular weight is 364 g/mol. The maximum Gasteiger partial charge on any atom is 0.252 e. The van der Waals surface area contributed by atoms with Crippen LogP contribution in [0.4, 0.5) is 5.95 Å². The molecule has 0 radical (unpaired) electrons. The number of nitrogens with one attached hydrogen (secondary N) is 1. The van der Waals surface area contributed by atoms with Gasteiger partial charge in [0.05, 0.1) is 12.2 Å². The van der Waals surface area contributed by atoms with Crippen molar-refractivity contribution >= 4 is 11.9 Å². The minimum absolute atomic E-state index is 0.144. The van der Waals surface area contributed by atoms with Crippen LogP contribution >= 0.6 is 0 Å². The number of aromatic amines is 1. The lowest BCUT2D eigenvalue weighted by molar-refractivity contribution is -0.131. The first kappa shape index (κ1) is 20.4. The standard InChI is InChI=1S/C18H32N6O2/c1-6-23(7-2)13-17(26)24-9-8-15(12-24)22(5)11-14-10-16(25)20-18(19-14)21(3)4/h10,15H,6-9,11-13H2,1-5H3,(H,19,20,25)/t15-/m1/s1. The fourth-order valence-electron chi connectivity index (χ4n) is 3.24. The summed E-state index contributed by atoms with van der Waals surface area (Å²) in [6.45, 7) is 8.55. The lowest BCUT2D eigenvalue weighted by Crippen LogP contribution is -2.41. The number of likely N-dealkylation sites (tertiary alicyclic amines) is 1. The van der Waals surface area contributed by atoms with Gasteiger partial charge in [0.2, 0.25) is 11.9 Å². The molecule has 1 atom stereocenters. The summed E-state index contributed by atoms with van der Waals surface area (Å²) in [5.74, 6) is 0.761. The van der Waals surface area contributed by atoms with E-state index in [0.717, 1.165) is 38.3 Å². The van der Waals surface area contributed by atoms with Crippen molar-refractivity contribution in [3.63, 3.8) is 0 Å². The first-order valence-electron chi connectivity index (χ1n) is 9.32. The van der Waals surface area contributed by atoms with Crippen LogP contribution in [0.1, 0.15) is 26.0 Å². The molecule has 2 rings (SSSR count). The Bertz CT molecular complexity index is 655. The number of hydrogen-bond acceptors (Lipinski definition) is 6. The Balaban J connectivity index is 1.94. The van der Waals surface area contributed by atoms with Gasteiger partial charge in [0.15, 0.2) is 0 Å². The van der Waals surface area contributed by atoms with Gasteiger partial charge in [-0.15, -0.1) is 0 Å². The third-order valence-corrected chi connectivity index (χ3v) is 5.01. The lowest BCUT2D eigenvalue weighted by Gasteiger charge is -2.26. The summed E-state index contributed by atoms with van der Waals surface area (Å²) in [7, 11) is 5.73. The summed E-state index contributed by atoms with van der Waals surface area (Å²) < 4.78 is 0. The van der Waals surface area contributed by atoms with E-state index >= 15 is 0 Å². The number of amides is 1. The highest BCUT2D eigenvalue weighted by atomic mass is 16.2. The summed E-state index contributed by atoms with van der Waals surface area (Å²) in [6, 6.07) is 1.83. The molecule has 0 aromatic carbocycles. The van der Waals surface area contributed by atoms with E-state index in [2.05, 4.69) is 33.6 Å². The molecule has 1 aromatic heterocycles. The van der Waals surface area contributed by atoms with Crippen molar-refractivity contribution in [2.75, 3.05) is 58.8 Å². The average Bonchev–Trinajstić information content (AvgIpc) is 3.09. The number of likely N-dealkylation sites (N-methyl/N-ethyl adjacent to an activating group) is 2. The predicted molar refractivity (Wildman–Crippen MR) is 103 cm³/mol. The Morgan fingerprint density at radius 2 is 2.00 bits per heavy atom. The maximum atomic E-state index is 12.5. The maximum absolute atomic E-state index is 12.5. The van der Waals surface area contributed by atoms with Gasteiger partial charge in [-0.25, -0.2) is 4.98 Å². The van der Waals surface area contributed by atoms with Crippen LogP contribution in [-0.2, 0) is 11.3 Å². The lowest BCUT2D eigenvalue weighted by atomic mass is 10.2. The van der Waals surface area contributed by atoms with Crippen LogP contribution in [-0.4, -0.2) is 90.5 Å². The number of carbonyl (C=O) groups excluding carboxylic acids is 1. The molecule has 1 aromatic rings. The number of nitrogens with zero attached hydrogens (tertiary/aromatic N) is 5. The van der Waals surface area contributed by atoms with E-state index in [4.69, 9.17) is 0 Å². The normalized spacial score (nSPS) is 17.3. The topological polar surface area (TPSA) is 75.8 Å². The van der Waals surface area contributed by atoms with Crippen LogP contribution in [0.5, 0.6) is 0 Å². The molecule has 2 heterocycles. The van der Waals surface area contributed by atoms with Crippen molar-refractivity contribution in [3.8, 4) is 0 Å². The van der Waals surface area contributed by atoms with E-state index in [1.165, 1.54) is 0 Å². The molecule has 1 N–H and O–H groups in total. The number of carbonyl (C=O) groups is 1. The fraction of sp³-hybridized carbons (Fsp3) is 0.722. The second kappa shape index (κ2) is 9.14. The van der Waals surface area contributed by atoms with Crippen molar-refractivity contribution in [1.82, 2.24) is 24.7 Å². The Morgan fingerprint density at radius 3 is 2.62 bits per heavy atom. The molecule has 146 valence electrons. The molecule has 1 fully saturated rings. The second-order valence-corrected chi connectivity index (χ2v) is 7.11. The third-order valence-electron chi connectivity index (χ3n) is 5.01. The molecule has 1 aliphatic rings. The number of rotatable bonds is 8. The smallest absolute Gasteiger partial charge is 0.252 e. The van der Waals surface area contributed by atoms with Crippen LogP contribution in [0.25, 0.3) is 0 Å². The van der Waals surface area contributed by atoms with Crippen LogP contribution in [0.3, 0.4) is 0 Å². The first-order valence-corrected chi connectivity index (χ1v) is 9.32. The molecule has 0 aliphatic carbocycles. The summed E-state index contributed by atoms with van der Waals surface area (Å²) in [5.41, 5.74) is 0.599. The van der Waals surface area contributed by atoms with Crippen LogP contribution in [0, 0.1) is 0 Å². The number of hydrogen-bond donors (Lipinski definition) is 1. The van der Waals surface area contributed by atoms with Crippen molar-refractivity contribution in [3.05, 3.63) is 22.1 Å². The van der Waals surface area contributed by atoms with Crippen molar-refractivity contribution in [2.24, 2.45) is 0 Å². The Hall–Kier alpha value is -1.93. The van der Waals surface area contributed by atoms with Gasteiger partial charge in [-0.2, -0.15) is 0 Å². The molecule has 1 aliphatic heterocycles. The van der Waals surface area contributed by atoms with Gasteiger partial charge in [-0.1, -0.05) is 13.8 Å². The van der Waals surface area contributed by atoms with Gasteiger partial charge in [0, 0.05) is 45.8 Å². The van der Waals surface area contributed by atoms with Crippen LogP contribution in [0.15, 0.2) is 10.9 Å². The molecule has 0 bridgehead atoms. The largest absolute Gasteiger partial charge is 0.348 e. The quantitative estimate of drug-likeness (QED) is 0.711. The monoisotopic (exact) mass is 364 g/mol. The Morgan fingerprint density at radius 1 is 1.31 bits per heavy atom. The summed E-state index contributed by atoms with van der Waals surface area (Å²) >= 11 is 0. The van der Waals surface area contributed by atoms with E-state index < -0.39 is 0 Å². The van der Waals surface area contributed by atoms with Crippen molar-refractivity contribution < 1.29 is 4.79 Å². The second-order valence-electron chi connectivity index (χ2n) is 7.11. The molecule has 26 heavy (non-hydrogen) atoms. The zero-order valence-corrected chi connectivity index (χ0v) is 16.7. The van der Waals surface area contributed by atoms with Crippen LogP contribution in [0.2, 0.25) is 0 Å². The molecule has 8 heteroatoms. The van der Waals surface area contributed by atoms with Gasteiger partial charge in [0.1, 0.15) is 0 Å². The zero-order valence-electron chi connectivity index (χ0n) is 16.7. The Labute approximate surface area is 155 Å². The van der Waals surface area contributed by atoms with Gasteiger partial charge in [-0.05, 0) is 26.6 Å². The highest BCUT2D eigenvalue weighted by Crippen LogP contribution is 2.17. The minimum atomic E-state index is -0.144. The summed E-state index contributed by atoms with van der Waals surface area (Å²) in [5, 5.41) is 0. The highest BCUT2D eigenvalue weighted by Gasteiger charge is 2.29. The predicted octanol–water partition coefficient (Wildman–Crippen LogP) is 0.210. The molecule has 1 saturated heterocycles. The van der Waals surface area contributed by atoms with Gasteiger partial charge in [0.25, 0.3) is 5.56 Å². The molecule has 0 unspecified atom stereocenters. The molecule has 1 amide bonds. The zero-order chi connectivity index (χ0) is 19.3. The SMILES string of the molecule is CCN(CC)CC(=O)N1CC[C@@H](N(C)Cc2cc(=O)[nH]c(N(C)C)n2)C1. The van der Waals surface area contributed by atoms with Crippen molar-refractivity contribution in [1.29, 1.82) is 0 Å². The van der Waals surface area contributed by atoms with E-state index in [9.17, 15) is 9.59 Å². The molecule has 0 saturated carbocycles. The summed E-state index contributed by atoms with van der Waals surface area (Å²) in [4.78, 5) is 39.6. The van der Waals surface area contributed by atoms with E-state index in [-0.39, 0.29) is 11.5 Å². The number of anilines is 1. The third kappa shape index (κ3) is 5.28. The van der Waals surface area contributed by atoms with E-state index in [1.54, 1.807) is 11.0 Å². The molecular weight excluding hydrogens is 332 g/mol. The van der Waals surface area contributed by atoms with Gasteiger partial charge < -0.3 is 9.80 Å². The molecule has 0 spiro atoms. The van der Waals surface area contributed by atoms with Crippen molar-refractivity contribution in [2.45, 2.75) is 32.9 Å².